The highest BCUT2D eigenvalue weighted by atomic mass is 16.2. The molecule has 2 aromatic rings. The molecule has 5 nitrogen and oxygen atoms in total. The summed E-state index contributed by atoms with van der Waals surface area (Å²) in [6.45, 7) is 7.65. The molecule has 0 saturated carbocycles. The molecule has 0 bridgehead atoms. The number of rotatable bonds is 6. The lowest BCUT2D eigenvalue weighted by atomic mass is 10.1. The Kier molecular flexibility index (Phi) is 6.09. The minimum atomic E-state index is 0.242. The van der Waals surface area contributed by atoms with Gasteiger partial charge < -0.3 is 9.47 Å². The van der Waals surface area contributed by atoms with Crippen molar-refractivity contribution >= 4 is 5.91 Å². The van der Waals surface area contributed by atoms with E-state index in [0.29, 0.717) is 19.0 Å². The van der Waals surface area contributed by atoms with Crippen LogP contribution < -0.4 is 0 Å². The van der Waals surface area contributed by atoms with Crippen LogP contribution in [0, 0.1) is 0 Å². The second kappa shape index (κ2) is 8.49. The summed E-state index contributed by atoms with van der Waals surface area (Å²) in [6.07, 6.45) is 4.30. The Labute approximate surface area is 156 Å². The molecule has 1 aliphatic rings. The zero-order chi connectivity index (χ0) is 18.5. The van der Waals surface area contributed by atoms with Gasteiger partial charge in [-0.15, -0.1) is 0 Å². The molecule has 0 saturated heterocycles. The van der Waals surface area contributed by atoms with Gasteiger partial charge in [0.1, 0.15) is 0 Å². The number of aromatic nitrogens is 2. The summed E-state index contributed by atoms with van der Waals surface area (Å²) in [7, 11) is 2.12. The number of nitrogens with zero attached hydrogens (tertiary/aromatic N) is 4. The molecule has 2 heterocycles. The molecule has 5 heteroatoms. The third-order valence-corrected chi connectivity index (χ3v) is 5.30. The normalized spacial score (nSPS) is 14.6. The molecule has 1 aliphatic heterocycles. The molecule has 1 aromatic heterocycles. The van der Waals surface area contributed by atoms with Crippen molar-refractivity contribution in [3.63, 3.8) is 0 Å². The molecule has 26 heavy (non-hydrogen) atoms. The van der Waals surface area contributed by atoms with E-state index in [1.165, 1.54) is 11.3 Å². The summed E-state index contributed by atoms with van der Waals surface area (Å²) in [4.78, 5) is 21.7. The number of hydrogen-bond donors (Lipinski definition) is 0. The van der Waals surface area contributed by atoms with Crippen molar-refractivity contribution in [2.45, 2.75) is 58.8 Å². The Bertz CT molecular complexity index is 723. The number of amides is 1. The molecule has 0 spiro atoms. The van der Waals surface area contributed by atoms with Crippen LogP contribution in [0.4, 0.5) is 0 Å². The summed E-state index contributed by atoms with van der Waals surface area (Å²) in [5.41, 5.74) is 3.52. The topological polar surface area (TPSA) is 41.4 Å². The third kappa shape index (κ3) is 4.52. The second-order valence-electron chi connectivity index (χ2n) is 7.49. The zero-order valence-electron chi connectivity index (χ0n) is 16.2. The van der Waals surface area contributed by atoms with E-state index < -0.39 is 0 Å². The van der Waals surface area contributed by atoms with Gasteiger partial charge in [0.25, 0.3) is 0 Å². The van der Waals surface area contributed by atoms with Gasteiger partial charge in [-0.25, -0.2) is 4.98 Å². The molecule has 0 atom stereocenters. The zero-order valence-corrected chi connectivity index (χ0v) is 16.2. The quantitative estimate of drug-likeness (QED) is 0.800. The number of fused-ring (bicyclic) bond motifs is 1. The van der Waals surface area contributed by atoms with Gasteiger partial charge in [0.15, 0.2) is 0 Å². The molecule has 0 radical (unpaired) electrons. The highest BCUT2D eigenvalue weighted by Gasteiger charge is 2.22. The van der Waals surface area contributed by atoms with Gasteiger partial charge >= 0.3 is 0 Å². The predicted molar refractivity (Wildman–Crippen MR) is 104 cm³/mol. The molecule has 0 N–H and O–H groups in total. The third-order valence-electron chi connectivity index (χ3n) is 5.30. The smallest absolute Gasteiger partial charge is 0.223 e. The van der Waals surface area contributed by atoms with Crippen molar-refractivity contribution in [3.05, 3.63) is 53.6 Å². The van der Waals surface area contributed by atoms with Gasteiger partial charge in [-0.2, -0.15) is 0 Å². The van der Waals surface area contributed by atoms with Crippen molar-refractivity contribution in [3.8, 4) is 0 Å². The van der Waals surface area contributed by atoms with Crippen molar-refractivity contribution in [2.75, 3.05) is 13.6 Å². The number of carbonyl (C=O) groups is 1. The minimum Gasteiger partial charge on any atom is -0.337 e. The molecule has 1 amide bonds. The number of carbonyl (C=O) groups excluding carboxylic acids is 1. The van der Waals surface area contributed by atoms with E-state index in [0.717, 1.165) is 38.2 Å². The van der Waals surface area contributed by atoms with Crippen molar-refractivity contribution in [2.24, 2.45) is 0 Å². The maximum atomic E-state index is 12.8. The van der Waals surface area contributed by atoms with E-state index in [4.69, 9.17) is 0 Å². The Morgan fingerprint density at radius 1 is 1.23 bits per heavy atom. The maximum Gasteiger partial charge on any atom is 0.223 e. The number of imidazole rings is 1. The van der Waals surface area contributed by atoms with E-state index in [2.05, 4.69) is 47.5 Å². The number of aryl methyl sites for hydroxylation is 2. The SMILES string of the molecule is CC(C)N(C)Cc1ncn2c1CN(C(=O)CCc1ccccc1)CCC2. The average Bonchev–Trinajstić information content (AvgIpc) is 2.88. The molecule has 0 fully saturated rings. The van der Waals surface area contributed by atoms with Gasteiger partial charge in [0.05, 0.1) is 24.3 Å². The van der Waals surface area contributed by atoms with Crippen LogP contribution in [-0.2, 0) is 30.8 Å². The largest absolute Gasteiger partial charge is 0.337 e. The number of hydrogen-bond acceptors (Lipinski definition) is 3. The fraction of sp³-hybridized carbons (Fsp3) is 0.524. The van der Waals surface area contributed by atoms with Gasteiger partial charge in [0, 0.05) is 32.1 Å². The first kappa shape index (κ1) is 18.6. The monoisotopic (exact) mass is 354 g/mol. The van der Waals surface area contributed by atoms with E-state index in [-0.39, 0.29) is 5.91 Å². The van der Waals surface area contributed by atoms with Crippen LogP contribution in [0.2, 0.25) is 0 Å². The van der Waals surface area contributed by atoms with Crippen molar-refractivity contribution in [1.82, 2.24) is 19.4 Å². The van der Waals surface area contributed by atoms with Crippen LogP contribution in [-0.4, -0.2) is 44.9 Å². The lowest BCUT2D eigenvalue weighted by Gasteiger charge is -2.23. The van der Waals surface area contributed by atoms with E-state index in [9.17, 15) is 4.79 Å². The van der Waals surface area contributed by atoms with Crippen LogP contribution in [0.25, 0.3) is 0 Å². The molecule has 140 valence electrons. The van der Waals surface area contributed by atoms with E-state index in [1.807, 2.05) is 29.4 Å². The number of benzene rings is 1. The summed E-state index contributed by atoms with van der Waals surface area (Å²) in [5.74, 6) is 0.242. The van der Waals surface area contributed by atoms with E-state index in [1.54, 1.807) is 0 Å². The predicted octanol–water partition coefficient (Wildman–Crippen LogP) is 3.09. The lowest BCUT2D eigenvalue weighted by Crippen LogP contribution is -2.32. The van der Waals surface area contributed by atoms with Gasteiger partial charge in [-0.1, -0.05) is 30.3 Å². The van der Waals surface area contributed by atoms with Crippen LogP contribution in [0.3, 0.4) is 0 Å². The molecule has 0 aliphatic carbocycles. The molecular formula is C21H30N4O. The van der Waals surface area contributed by atoms with Crippen LogP contribution >= 0.6 is 0 Å². The van der Waals surface area contributed by atoms with Crippen molar-refractivity contribution < 1.29 is 4.79 Å². The Hall–Kier alpha value is -2.14. The molecule has 0 unspecified atom stereocenters. The summed E-state index contributed by atoms with van der Waals surface area (Å²) in [6, 6.07) is 10.7. The fourth-order valence-electron chi connectivity index (χ4n) is 3.33. The lowest BCUT2D eigenvalue weighted by molar-refractivity contribution is -0.131. The van der Waals surface area contributed by atoms with Gasteiger partial charge in [-0.3, -0.25) is 9.69 Å². The first-order valence-corrected chi connectivity index (χ1v) is 9.59. The summed E-state index contributed by atoms with van der Waals surface area (Å²) >= 11 is 0. The average molecular weight is 354 g/mol. The van der Waals surface area contributed by atoms with Crippen LogP contribution in [0.1, 0.15) is 43.6 Å². The Morgan fingerprint density at radius 2 is 2.00 bits per heavy atom. The Balaban J connectivity index is 1.66. The minimum absolute atomic E-state index is 0.242. The highest BCUT2D eigenvalue weighted by Crippen LogP contribution is 2.19. The standard InChI is InChI=1S/C21H30N4O/c1-17(2)23(3)14-19-20-15-24(12-7-13-25(20)16-22-19)21(26)11-10-18-8-5-4-6-9-18/h4-6,8-9,16-17H,7,10-15H2,1-3H3. The summed E-state index contributed by atoms with van der Waals surface area (Å²) < 4.78 is 2.23. The highest BCUT2D eigenvalue weighted by molar-refractivity contribution is 5.76. The Morgan fingerprint density at radius 3 is 2.73 bits per heavy atom. The second-order valence-corrected chi connectivity index (χ2v) is 7.49. The first-order valence-electron chi connectivity index (χ1n) is 9.59. The van der Waals surface area contributed by atoms with Crippen LogP contribution in [0.15, 0.2) is 36.7 Å². The molecule has 3 rings (SSSR count). The van der Waals surface area contributed by atoms with Crippen LogP contribution in [0.5, 0.6) is 0 Å². The fourth-order valence-corrected chi connectivity index (χ4v) is 3.33. The van der Waals surface area contributed by atoms with Gasteiger partial charge in [-0.05, 0) is 39.3 Å². The maximum absolute atomic E-state index is 12.8. The first-order chi connectivity index (χ1) is 12.5. The van der Waals surface area contributed by atoms with Crippen molar-refractivity contribution in [1.29, 1.82) is 0 Å². The van der Waals surface area contributed by atoms with Gasteiger partial charge in [0.2, 0.25) is 5.91 Å². The molecular weight excluding hydrogens is 324 g/mol. The molecule has 1 aromatic carbocycles. The van der Waals surface area contributed by atoms with E-state index >= 15 is 0 Å². The summed E-state index contributed by atoms with van der Waals surface area (Å²) in [5, 5.41) is 0.